The van der Waals surface area contributed by atoms with Crippen molar-refractivity contribution in [2.45, 2.75) is 20.3 Å². The number of thiazole rings is 1. The number of fused-ring (bicyclic) bond motifs is 2. The van der Waals surface area contributed by atoms with Crippen molar-refractivity contribution in [3.63, 3.8) is 0 Å². The molecule has 1 aromatic carbocycles. The summed E-state index contributed by atoms with van der Waals surface area (Å²) in [5.41, 5.74) is 1.14. The highest BCUT2D eigenvalue weighted by Crippen LogP contribution is 2.35. The molecule has 25 heavy (non-hydrogen) atoms. The zero-order valence-corrected chi connectivity index (χ0v) is 14.5. The second kappa shape index (κ2) is 5.59. The molecule has 0 N–H and O–H groups in total. The van der Waals surface area contributed by atoms with Gasteiger partial charge in [-0.1, -0.05) is 36.5 Å². The summed E-state index contributed by atoms with van der Waals surface area (Å²) in [5.74, 6) is -0.202. The molecule has 0 saturated heterocycles. The Morgan fingerprint density at radius 2 is 1.92 bits per heavy atom. The molecule has 0 unspecified atom stereocenters. The van der Waals surface area contributed by atoms with Crippen molar-refractivity contribution < 1.29 is 4.79 Å². The lowest BCUT2D eigenvalue weighted by atomic mass is 10.1. The Labute approximate surface area is 145 Å². The zero-order chi connectivity index (χ0) is 17.7. The molecule has 4 rings (SSSR count). The zero-order valence-electron chi connectivity index (χ0n) is 13.6. The summed E-state index contributed by atoms with van der Waals surface area (Å²) >= 11 is 1.02. The topological polar surface area (TPSA) is 84.6 Å². The Morgan fingerprint density at radius 1 is 1.16 bits per heavy atom. The van der Waals surface area contributed by atoms with Crippen LogP contribution in [0, 0.1) is 6.92 Å². The van der Waals surface area contributed by atoms with Gasteiger partial charge in [0.1, 0.15) is 10.2 Å². The quantitative estimate of drug-likeness (QED) is 0.669. The van der Waals surface area contributed by atoms with Crippen molar-refractivity contribution in [1.82, 2.24) is 14.6 Å². The number of carbonyl (C=O) groups excluding carboxylic acids is 1. The summed E-state index contributed by atoms with van der Waals surface area (Å²) in [6.07, 6.45) is 0.806. The fourth-order valence-corrected chi connectivity index (χ4v) is 3.98. The maximum absolute atomic E-state index is 13.0. The van der Waals surface area contributed by atoms with E-state index in [-0.39, 0.29) is 21.1 Å². The Kier molecular flexibility index (Phi) is 3.50. The van der Waals surface area contributed by atoms with Crippen LogP contribution < -0.4 is 20.6 Å². The van der Waals surface area contributed by atoms with E-state index in [1.165, 1.54) is 6.92 Å². The van der Waals surface area contributed by atoms with Gasteiger partial charge in [0.2, 0.25) is 4.96 Å². The Balaban J connectivity index is 2.11. The van der Waals surface area contributed by atoms with E-state index in [9.17, 15) is 14.4 Å². The van der Waals surface area contributed by atoms with Crippen molar-refractivity contribution in [3.05, 3.63) is 60.8 Å². The molecule has 8 heteroatoms. The van der Waals surface area contributed by atoms with Gasteiger partial charge in [-0.15, -0.1) is 0 Å². The van der Waals surface area contributed by atoms with Crippen LogP contribution in [0.4, 0.5) is 5.69 Å². The molecule has 0 fully saturated rings. The molecule has 2 aromatic heterocycles. The molecule has 1 aliphatic rings. The summed E-state index contributed by atoms with van der Waals surface area (Å²) in [7, 11) is 0. The van der Waals surface area contributed by atoms with Gasteiger partial charge in [-0.2, -0.15) is 14.6 Å². The second-order valence-electron chi connectivity index (χ2n) is 5.78. The van der Waals surface area contributed by atoms with Crippen LogP contribution in [-0.2, 0) is 4.79 Å². The third kappa shape index (κ3) is 2.21. The molecular weight excluding hydrogens is 340 g/mol. The highest BCUT2D eigenvalue weighted by molar-refractivity contribution is 7.15. The highest BCUT2D eigenvalue weighted by Gasteiger charge is 2.33. The van der Waals surface area contributed by atoms with Crippen LogP contribution in [0.3, 0.4) is 0 Å². The van der Waals surface area contributed by atoms with E-state index in [1.54, 1.807) is 4.90 Å². The minimum absolute atomic E-state index is 0.148. The number of benzene rings is 1. The van der Waals surface area contributed by atoms with Crippen molar-refractivity contribution in [2.24, 2.45) is 0 Å². The lowest BCUT2D eigenvalue weighted by molar-refractivity contribution is -0.113. The van der Waals surface area contributed by atoms with Gasteiger partial charge in [0, 0.05) is 12.1 Å². The fraction of sp³-hybridized carbons (Fsp3) is 0.235. The smallest absolute Gasteiger partial charge is 0.295 e. The molecule has 0 atom stereocenters. The summed E-state index contributed by atoms with van der Waals surface area (Å²) in [5, 5.41) is 4.00. The number of aryl methyl sites for hydroxylation is 1. The number of carbonyl (C=O) groups is 1. The lowest BCUT2D eigenvalue weighted by Crippen LogP contribution is -2.33. The van der Waals surface area contributed by atoms with Gasteiger partial charge in [-0.25, -0.2) is 0 Å². The molecule has 3 aromatic rings. The molecule has 0 spiro atoms. The van der Waals surface area contributed by atoms with Crippen molar-refractivity contribution in [1.29, 1.82) is 0 Å². The van der Waals surface area contributed by atoms with E-state index < -0.39 is 11.1 Å². The summed E-state index contributed by atoms with van der Waals surface area (Å²) < 4.78 is 1.36. The van der Waals surface area contributed by atoms with Gasteiger partial charge in [0.25, 0.3) is 17.0 Å². The monoisotopic (exact) mass is 354 g/mol. The standard InChI is InChI=1S/C17H14N4O3S/c1-3-8-20-11-7-5-4-6-10(11)12(15(20)23)13-16(24)21-17(25-13)18-14(22)9(2)19-21/h4-7H,3,8H2,1-2H3. The highest BCUT2D eigenvalue weighted by atomic mass is 32.1. The SMILES string of the molecule is CCCN1C(=O)C(=c2sc3nc(=O)c(C)nn3c2=O)c2ccccc21. The maximum atomic E-state index is 13.0. The van der Waals surface area contributed by atoms with Gasteiger partial charge >= 0.3 is 0 Å². The van der Waals surface area contributed by atoms with E-state index in [0.29, 0.717) is 12.1 Å². The molecule has 0 saturated carbocycles. The summed E-state index contributed by atoms with van der Waals surface area (Å²) in [4.78, 5) is 43.2. The second-order valence-corrected chi connectivity index (χ2v) is 6.76. The molecule has 3 heterocycles. The third-order valence-corrected chi connectivity index (χ3v) is 5.14. The van der Waals surface area contributed by atoms with E-state index in [4.69, 9.17) is 0 Å². The Morgan fingerprint density at radius 3 is 2.68 bits per heavy atom. The lowest BCUT2D eigenvalue weighted by Gasteiger charge is -2.15. The number of anilines is 1. The first kappa shape index (κ1) is 15.6. The normalized spacial score (nSPS) is 15.9. The molecule has 0 bridgehead atoms. The van der Waals surface area contributed by atoms with Gasteiger partial charge in [-0.3, -0.25) is 14.4 Å². The van der Waals surface area contributed by atoms with Gasteiger partial charge in [-0.05, 0) is 19.4 Å². The summed E-state index contributed by atoms with van der Waals surface area (Å²) in [6, 6.07) is 7.41. The number of aromatic nitrogens is 3. The van der Waals surface area contributed by atoms with Gasteiger partial charge in [0.15, 0.2) is 0 Å². The largest absolute Gasteiger partial charge is 0.308 e. The van der Waals surface area contributed by atoms with Crippen molar-refractivity contribution >= 4 is 33.5 Å². The molecule has 0 aliphatic carbocycles. The van der Waals surface area contributed by atoms with E-state index >= 15 is 0 Å². The minimum atomic E-state index is -0.469. The third-order valence-electron chi connectivity index (χ3n) is 4.12. The minimum Gasteiger partial charge on any atom is -0.308 e. The Bertz CT molecular complexity index is 1190. The van der Waals surface area contributed by atoms with E-state index in [1.807, 2.05) is 31.2 Å². The molecule has 1 aliphatic heterocycles. The molecular formula is C17H14N4O3S. The van der Waals surface area contributed by atoms with Crippen LogP contribution in [0.1, 0.15) is 24.6 Å². The predicted octanol–water partition coefficient (Wildman–Crippen LogP) is 0.494. The van der Waals surface area contributed by atoms with Crippen LogP contribution in [0.15, 0.2) is 33.9 Å². The number of para-hydroxylation sites is 1. The predicted molar refractivity (Wildman–Crippen MR) is 95.0 cm³/mol. The molecule has 7 nitrogen and oxygen atoms in total. The maximum Gasteiger partial charge on any atom is 0.295 e. The van der Waals surface area contributed by atoms with Crippen LogP contribution >= 0.6 is 11.3 Å². The molecule has 0 radical (unpaired) electrons. The number of hydrogen-bond donors (Lipinski definition) is 0. The number of amides is 1. The van der Waals surface area contributed by atoms with Crippen molar-refractivity contribution in [2.75, 3.05) is 11.4 Å². The van der Waals surface area contributed by atoms with Crippen LogP contribution in [-0.4, -0.2) is 27.0 Å². The Hall–Kier alpha value is -2.87. The van der Waals surface area contributed by atoms with Crippen LogP contribution in [0.2, 0.25) is 0 Å². The van der Waals surface area contributed by atoms with Gasteiger partial charge in [0.05, 0.1) is 11.3 Å². The van der Waals surface area contributed by atoms with Crippen molar-refractivity contribution in [3.8, 4) is 0 Å². The van der Waals surface area contributed by atoms with E-state index in [2.05, 4.69) is 10.1 Å². The summed E-state index contributed by atoms with van der Waals surface area (Å²) in [6.45, 7) is 4.07. The first-order valence-electron chi connectivity index (χ1n) is 7.89. The fourth-order valence-electron chi connectivity index (χ4n) is 2.98. The first-order chi connectivity index (χ1) is 12.0. The number of rotatable bonds is 2. The average molecular weight is 354 g/mol. The first-order valence-corrected chi connectivity index (χ1v) is 8.70. The molecule has 1 amide bonds. The molecule has 126 valence electrons. The van der Waals surface area contributed by atoms with Crippen LogP contribution in [0.5, 0.6) is 0 Å². The van der Waals surface area contributed by atoms with Crippen LogP contribution in [0.25, 0.3) is 10.5 Å². The average Bonchev–Trinajstić information content (AvgIpc) is 3.04. The number of hydrogen-bond acceptors (Lipinski definition) is 6. The van der Waals surface area contributed by atoms with E-state index in [0.717, 1.165) is 33.5 Å². The van der Waals surface area contributed by atoms with Gasteiger partial charge < -0.3 is 4.90 Å². The number of nitrogens with zero attached hydrogens (tertiary/aromatic N) is 4.